The molecule has 0 aliphatic rings. The lowest BCUT2D eigenvalue weighted by Gasteiger charge is -2.11. The zero-order valence-electron chi connectivity index (χ0n) is 10.6. The predicted octanol–water partition coefficient (Wildman–Crippen LogP) is 2.46. The summed E-state index contributed by atoms with van der Waals surface area (Å²) >= 11 is 0. The summed E-state index contributed by atoms with van der Waals surface area (Å²) in [5.74, 6) is 0.128. The molecule has 19 heavy (non-hydrogen) atoms. The van der Waals surface area contributed by atoms with E-state index in [1.54, 1.807) is 37.6 Å². The molecule has 1 N–H and O–H groups in total. The first kappa shape index (κ1) is 12.9. The molecule has 0 atom stereocenters. The summed E-state index contributed by atoms with van der Waals surface area (Å²) in [6, 6.07) is 6.91. The number of hydrogen-bond acceptors (Lipinski definition) is 4. The Morgan fingerprint density at radius 3 is 2.53 bits per heavy atom. The standard InChI is InChI=1S/C14H13NO4/c1-18-12-4-3-9(7-13(12)19-2)10-5-6-15-8-11(10)14(16)17/h3-8H,1-2H3,(H,16,17). The van der Waals surface area contributed by atoms with E-state index in [0.717, 1.165) is 5.56 Å². The summed E-state index contributed by atoms with van der Waals surface area (Å²) < 4.78 is 10.4. The molecule has 2 aromatic rings. The van der Waals surface area contributed by atoms with Crippen LogP contribution >= 0.6 is 0 Å². The van der Waals surface area contributed by atoms with E-state index in [1.165, 1.54) is 13.3 Å². The second-order valence-electron chi connectivity index (χ2n) is 3.80. The highest BCUT2D eigenvalue weighted by molar-refractivity contribution is 5.95. The molecule has 5 nitrogen and oxygen atoms in total. The van der Waals surface area contributed by atoms with Crippen molar-refractivity contribution in [1.29, 1.82) is 0 Å². The van der Waals surface area contributed by atoms with Crippen LogP contribution in [0.3, 0.4) is 0 Å². The number of carbonyl (C=O) groups is 1. The number of ether oxygens (including phenoxy) is 2. The SMILES string of the molecule is COc1ccc(-c2ccncc2C(=O)O)cc1OC. The van der Waals surface area contributed by atoms with Gasteiger partial charge in [0.1, 0.15) is 0 Å². The third kappa shape index (κ3) is 2.49. The second-order valence-corrected chi connectivity index (χ2v) is 3.80. The van der Waals surface area contributed by atoms with Crippen LogP contribution in [0.15, 0.2) is 36.7 Å². The van der Waals surface area contributed by atoms with Crippen molar-refractivity contribution in [3.05, 3.63) is 42.2 Å². The summed E-state index contributed by atoms with van der Waals surface area (Å²) in [5, 5.41) is 9.16. The third-order valence-corrected chi connectivity index (χ3v) is 2.75. The van der Waals surface area contributed by atoms with Crippen LogP contribution in [-0.4, -0.2) is 30.3 Å². The number of carboxylic acid groups (broad SMARTS) is 1. The third-order valence-electron chi connectivity index (χ3n) is 2.75. The largest absolute Gasteiger partial charge is 0.493 e. The summed E-state index contributed by atoms with van der Waals surface area (Å²) in [6.45, 7) is 0. The van der Waals surface area contributed by atoms with E-state index in [9.17, 15) is 4.79 Å². The summed E-state index contributed by atoms with van der Waals surface area (Å²) in [6.07, 6.45) is 2.88. The first-order chi connectivity index (χ1) is 9.17. The Balaban J connectivity index is 2.56. The molecule has 0 radical (unpaired) electrons. The van der Waals surface area contributed by atoms with Crippen molar-refractivity contribution in [2.45, 2.75) is 0 Å². The van der Waals surface area contributed by atoms with E-state index < -0.39 is 5.97 Å². The van der Waals surface area contributed by atoms with Gasteiger partial charge in [-0.3, -0.25) is 4.98 Å². The Morgan fingerprint density at radius 1 is 1.16 bits per heavy atom. The van der Waals surface area contributed by atoms with Crippen molar-refractivity contribution >= 4 is 5.97 Å². The van der Waals surface area contributed by atoms with Crippen LogP contribution in [0, 0.1) is 0 Å². The van der Waals surface area contributed by atoms with E-state index in [-0.39, 0.29) is 5.56 Å². The second kappa shape index (κ2) is 5.39. The summed E-state index contributed by atoms with van der Waals surface area (Å²) in [4.78, 5) is 15.0. The van der Waals surface area contributed by atoms with Gasteiger partial charge >= 0.3 is 5.97 Å². The molecule has 1 heterocycles. The van der Waals surface area contributed by atoms with Crippen LogP contribution in [-0.2, 0) is 0 Å². The van der Waals surface area contributed by atoms with Crippen LogP contribution in [0.1, 0.15) is 10.4 Å². The molecular formula is C14H13NO4. The molecule has 0 amide bonds. The lowest BCUT2D eigenvalue weighted by Crippen LogP contribution is -2.00. The van der Waals surface area contributed by atoms with Crippen LogP contribution in [0.25, 0.3) is 11.1 Å². The van der Waals surface area contributed by atoms with Gasteiger partial charge in [-0.15, -0.1) is 0 Å². The average Bonchev–Trinajstić information content (AvgIpc) is 2.46. The number of hydrogen-bond donors (Lipinski definition) is 1. The number of aromatic carboxylic acids is 1. The van der Waals surface area contributed by atoms with E-state index in [4.69, 9.17) is 14.6 Å². The number of nitrogens with zero attached hydrogens (tertiary/aromatic N) is 1. The fourth-order valence-electron chi connectivity index (χ4n) is 1.82. The molecule has 0 saturated carbocycles. The quantitative estimate of drug-likeness (QED) is 0.913. The van der Waals surface area contributed by atoms with E-state index in [1.807, 2.05) is 0 Å². The van der Waals surface area contributed by atoms with Gasteiger partial charge in [-0.1, -0.05) is 6.07 Å². The molecule has 5 heteroatoms. The zero-order valence-corrected chi connectivity index (χ0v) is 10.6. The van der Waals surface area contributed by atoms with Crippen molar-refractivity contribution < 1.29 is 19.4 Å². The summed E-state index contributed by atoms with van der Waals surface area (Å²) in [7, 11) is 3.08. The molecule has 0 saturated heterocycles. The number of aromatic nitrogens is 1. The maximum Gasteiger partial charge on any atom is 0.337 e. The van der Waals surface area contributed by atoms with E-state index in [0.29, 0.717) is 17.1 Å². The first-order valence-electron chi connectivity index (χ1n) is 5.57. The Bertz CT molecular complexity index is 610. The van der Waals surface area contributed by atoms with E-state index >= 15 is 0 Å². The van der Waals surface area contributed by atoms with Gasteiger partial charge in [0.15, 0.2) is 11.5 Å². The van der Waals surface area contributed by atoms with Gasteiger partial charge in [-0.2, -0.15) is 0 Å². The molecule has 2 rings (SSSR count). The minimum Gasteiger partial charge on any atom is -0.493 e. The van der Waals surface area contributed by atoms with Gasteiger partial charge in [0.2, 0.25) is 0 Å². The van der Waals surface area contributed by atoms with Crippen molar-refractivity contribution in [1.82, 2.24) is 4.98 Å². The van der Waals surface area contributed by atoms with Crippen LogP contribution in [0.5, 0.6) is 11.5 Å². The molecule has 1 aromatic heterocycles. The fraction of sp³-hybridized carbons (Fsp3) is 0.143. The van der Waals surface area contributed by atoms with Gasteiger partial charge < -0.3 is 14.6 Å². The number of benzene rings is 1. The van der Waals surface area contributed by atoms with Crippen molar-refractivity contribution in [3.63, 3.8) is 0 Å². The monoisotopic (exact) mass is 259 g/mol. The Morgan fingerprint density at radius 2 is 1.89 bits per heavy atom. The van der Waals surface area contributed by atoms with Crippen molar-refractivity contribution in [3.8, 4) is 22.6 Å². The number of carboxylic acids is 1. The molecule has 0 fully saturated rings. The number of methoxy groups -OCH3 is 2. The molecule has 0 aliphatic carbocycles. The molecule has 0 spiro atoms. The topological polar surface area (TPSA) is 68.7 Å². The van der Waals surface area contributed by atoms with Crippen LogP contribution in [0.4, 0.5) is 0 Å². The molecule has 0 aliphatic heterocycles. The van der Waals surface area contributed by atoms with Crippen LogP contribution in [0.2, 0.25) is 0 Å². The molecule has 98 valence electrons. The fourth-order valence-corrected chi connectivity index (χ4v) is 1.82. The predicted molar refractivity (Wildman–Crippen MR) is 69.7 cm³/mol. The van der Waals surface area contributed by atoms with Gasteiger partial charge in [0.25, 0.3) is 0 Å². The Hall–Kier alpha value is -2.56. The maximum absolute atomic E-state index is 11.2. The van der Waals surface area contributed by atoms with Gasteiger partial charge in [-0.05, 0) is 29.3 Å². The smallest absolute Gasteiger partial charge is 0.337 e. The highest BCUT2D eigenvalue weighted by atomic mass is 16.5. The van der Waals surface area contributed by atoms with Crippen LogP contribution < -0.4 is 9.47 Å². The highest BCUT2D eigenvalue weighted by Crippen LogP contribution is 2.33. The van der Waals surface area contributed by atoms with Gasteiger partial charge in [0, 0.05) is 12.4 Å². The van der Waals surface area contributed by atoms with Crippen molar-refractivity contribution in [2.24, 2.45) is 0 Å². The van der Waals surface area contributed by atoms with Gasteiger partial charge in [-0.25, -0.2) is 4.79 Å². The number of rotatable bonds is 4. The number of pyridine rings is 1. The molecule has 1 aromatic carbocycles. The van der Waals surface area contributed by atoms with Gasteiger partial charge in [0.05, 0.1) is 19.8 Å². The minimum atomic E-state index is -1.02. The lowest BCUT2D eigenvalue weighted by atomic mass is 10.0. The average molecular weight is 259 g/mol. The lowest BCUT2D eigenvalue weighted by molar-refractivity contribution is 0.0697. The maximum atomic E-state index is 11.2. The molecular weight excluding hydrogens is 246 g/mol. The molecule has 0 bridgehead atoms. The Kier molecular flexibility index (Phi) is 3.66. The van der Waals surface area contributed by atoms with E-state index in [2.05, 4.69) is 4.98 Å². The minimum absolute atomic E-state index is 0.148. The highest BCUT2D eigenvalue weighted by Gasteiger charge is 2.13. The zero-order chi connectivity index (χ0) is 13.8. The molecule has 0 unspecified atom stereocenters. The normalized spacial score (nSPS) is 10.0. The van der Waals surface area contributed by atoms with Crippen molar-refractivity contribution in [2.75, 3.05) is 14.2 Å². The summed E-state index contributed by atoms with van der Waals surface area (Å²) in [5.41, 5.74) is 1.47. The Labute approximate surface area is 110 Å². The first-order valence-corrected chi connectivity index (χ1v) is 5.57.